The molecule has 3 heteroatoms. The monoisotopic (exact) mass is 528 g/mol. The van der Waals surface area contributed by atoms with E-state index in [1.165, 1.54) is 70.6 Å². The number of hydrogen-bond donors (Lipinski definition) is 0. The number of hydrogen-bond acceptors (Lipinski definition) is 3. The van der Waals surface area contributed by atoms with Crippen molar-refractivity contribution >= 4 is 5.78 Å². The van der Waals surface area contributed by atoms with Gasteiger partial charge in [0.1, 0.15) is 5.78 Å². The predicted molar refractivity (Wildman–Crippen MR) is 158 cm³/mol. The Labute approximate surface area is 235 Å². The van der Waals surface area contributed by atoms with E-state index in [1.807, 2.05) is 20.8 Å². The van der Waals surface area contributed by atoms with E-state index in [2.05, 4.69) is 27.4 Å². The molecular weight excluding hydrogens is 468 g/mol. The number of carbonyl (C=O) groups excluding carboxylic acids is 1. The molecule has 0 aromatic heterocycles. The molecule has 5 saturated carbocycles. The zero-order valence-corrected chi connectivity index (χ0v) is 25.9. The van der Waals surface area contributed by atoms with Crippen LogP contribution in [0, 0.1) is 51.8 Å². The minimum Gasteiger partial charge on any atom is -0.353 e. The van der Waals surface area contributed by atoms with E-state index in [1.54, 1.807) is 6.08 Å². The van der Waals surface area contributed by atoms with Crippen molar-refractivity contribution in [3.8, 4) is 0 Å². The van der Waals surface area contributed by atoms with E-state index < -0.39 is 0 Å². The molecule has 6 fully saturated rings. The molecule has 6 aliphatic rings. The van der Waals surface area contributed by atoms with Crippen LogP contribution >= 0.6 is 0 Å². The van der Waals surface area contributed by atoms with Crippen LogP contribution < -0.4 is 0 Å². The number of ketones is 1. The summed E-state index contributed by atoms with van der Waals surface area (Å²) in [4.78, 5) is 12.6. The van der Waals surface area contributed by atoms with Crippen molar-refractivity contribution in [2.24, 2.45) is 51.8 Å². The lowest BCUT2D eigenvalue weighted by Gasteiger charge is -2.67. The normalized spacial score (nSPS) is 47.5. The first kappa shape index (κ1) is 30.3. The second-order valence-electron chi connectivity index (χ2n) is 14.2. The van der Waals surface area contributed by atoms with Crippen molar-refractivity contribution in [3.63, 3.8) is 0 Å². The molecule has 10 unspecified atom stereocenters. The highest BCUT2D eigenvalue weighted by molar-refractivity contribution is 5.82. The molecule has 5 aliphatic carbocycles. The van der Waals surface area contributed by atoms with Crippen LogP contribution in [0.5, 0.6) is 0 Å². The Hall–Kier alpha value is -0.670. The molecule has 3 nitrogen and oxygen atoms in total. The summed E-state index contributed by atoms with van der Waals surface area (Å²) in [7, 11) is 0. The number of Topliss-reactive ketones (excluding diaryl/α,β-unsaturated/α-hetero) is 1. The number of ether oxygens (including phenoxy) is 2. The molecule has 1 heterocycles. The van der Waals surface area contributed by atoms with Gasteiger partial charge in [0.05, 0.1) is 6.61 Å². The lowest BCUT2D eigenvalue weighted by Crippen LogP contribution is -2.61. The number of rotatable bonds is 3. The molecule has 0 N–H and O–H groups in total. The Morgan fingerprint density at radius 1 is 0.895 bits per heavy atom. The van der Waals surface area contributed by atoms with E-state index in [9.17, 15) is 4.79 Å². The van der Waals surface area contributed by atoms with Crippen LogP contribution in [0.4, 0.5) is 0 Å². The molecule has 1 aliphatic heterocycles. The van der Waals surface area contributed by atoms with E-state index in [-0.39, 0.29) is 6.29 Å². The molecule has 0 amide bonds. The van der Waals surface area contributed by atoms with E-state index in [0.717, 1.165) is 56.1 Å². The third kappa shape index (κ3) is 5.22. The smallest absolute Gasteiger partial charge is 0.157 e. The first-order chi connectivity index (χ1) is 18.3. The molecular formula is C35H60O3. The summed E-state index contributed by atoms with van der Waals surface area (Å²) in [6.07, 6.45) is 19.9. The van der Waals surface area contributed by atoms with E-state index >= 15 is 0 Å². The van der Waals surface area contributed by atoms with Crippen molar-refractivity contribution in [2.45, 2.75) is 138 Å². The maximum atomic E-state index is 12.6. The van der Waals surface area contributed by atoms with Crippen LogP contribution in [0.15, 0.2) is 12.7 Å². The van der Waals surface area contributed by atoms with Gasteiger partial charge < -0.3 is 9.47 Å². The van der Waals surface area contributed by atoms with Gasteiger partial charge in [0.25, 0.3) is 0 Å². The standard InChI is InChI=1S/C30H48O3.C3H6.C2H6/c1-20-22-11-15-29(3)23-12-17-30(19-33-27-8-4-5-18-32-27)14-6-7-24(30)21(23)9-10-26(29)28(22,2)16-13-25(20)31;1-3-2;1-2/h20-24,26-27H,4-19H2,1-3H3;3H,1H2,2H3;1-2H3. The highest BCUT2D eigenvalue weighted by Gasteiger charge is 2.64. The van der Waals surface area contributed by atoms with Gasteiger partial charge in [0, 0.05) is 18.9 Å². The average molecular weight is 529 g/mol. The van der Waals surface area contributed by atoms with Gasteiger partial charge in [-0.2, -0.15) is 0 Å². The van der Waals surface area contributed by atoms with Gasteiger partial charge in [-0.05, 0) is 130 Å². The van der Waals surface area contributed by atoms with Gasteiger partial charge >= 0.3 is 0 Å². The summed E-state index contributed by atoms with van der Waals surface area (Å²) in [6, 6.07) is 0. The fourth-order valence-electron chi connectivity index (χ4n) is 11.1. The molecule has 10 atom stereocenters. The Morgan fingerprint density at radius 2 is 1.61 bits per heavy atom. The van der Waals surface area contributed by atoms with E-state index in [4.69, 9.17) is 9.47 Å². The summed E-state index contributed by atoms with van der Waals surface area (Å²) in [6.45, 7) is 18.6. The van der Waals surface area contributed by atoms with Gasteiger partial charge in [-0.25, -0.2) is 0 Å². The summed E-state index contributed by atoms with van der Waals surface area (Å²) in [5.74, 6) is 4.96. The minimum atomic E-state index is 0.0616. The van der Waals surface area contributed by atoms with Gasteiger partial charge in [-0.15, -0.1) is 6.58 Å². The fourth-order valence-corrected chi connectivity index (χ4v) is 11.1. The summed E-state index contributed by atoms with van der Waals surface area (Å²) in [5, 5.41) is 0. The highest BCUT2D eigenvalue weighted by Crippen LogP contribution is 2.71. The first-order valence-corrected chi connectivity index (χ1v) is 16.6. The molecule has 1 saturated heterocycles. The zero-order chi connectivity index (χ0) is 27.6. The van der Waals surface area contributed by atoms with Crippen LogP contribution in [-0.4, -0.2) is 25.3 Å². The Bertz CT molecular complexity index is 801. The third-order valence-corrected chi connectivity index (χ3v) is 12.7. The van der Waals surface area contributed by atoms with Gasteiger partial charge in [0.2, 0.25) is 0 Å². The second-order valence-corrected chi connectivity index (χ2v) is 14.2. The Kier molecular flexibility index (Phi) is 9.93. The maximum Gasteiger partial charge on any atom is 0.157 e. The molecule has 0 aromatic carbocycles. The average Bonchev–Trinajstić information content (AvgIpc) is 3.37. The Morgan fingerprint density at radius 3 is 2.32 bits per heavy atom. The molecule has 0 aromatic rings. The first-order valence-electron chi connectivity index (χ1n) is 16.6. The Balaban J connectivity index is 0.000000630. The molecule has 6 rings (SSSR count). The van der Waals surface area contributed by atoms with Crippen LogP contribution in [0.25, 0.3) is 0 Å². The van der Waals surface area contributed by atoms with E-state index in [0.29, 0.717) is 33.9 Å². The number of carbonyl (C=O) groups is 1. The van der Waals surface area contributed by atoms with Crippen LogP contribution in [0.1, 0.15) is 131 Å². The summed E-state index contributed by atoms with van der Waals surface area (Å²) in [5.41, 5.74) is 1.30. The predicted octanol–water partition coefficient (Wildman–Crippen LogP) is 9.39. The van der Waals surface area contributed by atoms with Crippen LogP contribution in [-0.2, 0) is 14.3 Å². The van der Waals surface area contributed by atoms with Gasteiger partial charge in [-0.3, -0.25) is 4.79 Å². The molecule has 0 bridgehead atoms. The largest absolute Gasteiger partial charge is 0.353 e. The number of fused-ring (bicyclic) bond motifs is 7. The van der Waals surface area contributed by atoms with Crippen LogP contribution in [0.2, 0.25) is 0 Å². The minimum absolute atomic E-state index is 0.0616. The fraction of sp³-hybridized carbons (Fsp3) is 0.914. The highest BCUT2D eigenvalue weighted by atomic mass is 16.7. The lowest BCUT2D eigenvalue weighted by atomic mass is 9.38. The summed E-state index contributed by atoms with van der Waals surface area (Å²) >= 11 is 0. The third-order valence-electron chi connectivity index (χ3n) is 12.7. The molecule has 0 radical (unpaired) electrons. The van der Waals surface area contributed by atoms with Crippen molar-refractivity contribution in [1.29, 1.82) is 0 Å². The van der Waals surface area contributed by atoms with Gasteiger partial charge in [0.15, 0.2) is 6.29 Å². The molecule has 218 valence electrons. The second kappa shape index (κ2) is 12.5. The van der Waals surface area contributed by atoms with Gasteiger partial charge in [-0.1, -0.05) is 47.1 Å². The molecule has 38 heavy (non-hydrogen) atoms. The lowest BCUT2D eigenvalue weighted by molar-refractivity contribution is -0.210. The topological polar surface area (TPSA) is 35.5 Å². The van der Waals surface area contributed by atoms with Crippen LogP contribution in [0.3, 0.4) is 0 Å². The number of allylic oxidation sites excluding steroid dienone is 1. The van der Waals surface area contributed by atoms with Crippen molar-refractivity contribution in [1.82, 2.24) is 0 Å². The van der Waals surface area contributed by atoms with Crippen molar-refractivity contribution in [2.75, 3.05) is 13.2 Å². The SMILES string of the molecule is C=CC.CC.CC1C(=O)CCC2(C)C1CCC1(C)C3CCC4(COC5CCCCO5)CCCC4C3CCC21. The zero-order valence-electron chi connectivity index (χ0n) is 25.9. The summed E-state index contributed by atoms with van der Waals surface area (Å²) < 4.78 is 12.4. The maximum absolute atomic E-state index is 12.6. The quantitative estimate of drug-likeness (QED) is 0.342. The van der Waals surface area contributed by atoms with Crippen molar-refractivity contribution < 1.29 is 14.3 Å². The van der Waals surface area contributed by atoms with Crippen molar-refractivity contribution in [3.05, 3.63) is 12.7 Å². The molecule has 0 spiro atoms.